The summed E-state index contributed by atoms with van der Waals surface area (Å²) in [5.41, 5.74) is 16.3. The minimum atomic E-state index is -0.202. The lowest BCUT2D eigenvalue weighted by atomic mass is 9.92. The molecule has 3 N–H and O–H groups in total. The number of nitrogens with one attached hydrogen (secondary N) is 3. The molecular formula is C57H65FN6O. The Hall–Kier alpha value is -6.45. The zero-order valence-electron chi connectivity index (χ0n) is 39.9. The van der Waals surface area contributed by atoms with E-state index in [1.54, 1.807) is 7.11 Å². The summed E-state index contributed by atoms with van der Waals surface area (Å²) in [6, 6.07) is 45.5. The van der Waals surface area contributed by atoms with E-state index in [4.69, 9.17) is 4.74 Å². The molecule has 9 rings (SSSR count). The number of benzene rings is 6. The van der Waals surface area contributed by atoms with Gasteiger partial charge < -0.3 is 19.7 Å². The Labute approximate surface area is 384 Å². The highest BCUT2D eigenvalue weighted by Gasteiger charge is 2.26. The Morgan fingerprint density at radius 3 is 1.80 bits per heavy atom. The maximum absolute atomic E-state index is 13.2. The molecular weight excluding hydrogens is 804 g/mol. The number of ether oxygens (including phenoxy) is 1. The van der Waals surface area contributed by atoms with Crippen LogP contribution < -0.4 is 4.74 Å². The van der Waals surface area contributed by atoms with Gasteiger partial charge in [-0.25, -0.2) is 4.39 Å². The van der Waals surface area contributed by atoms with Crippen molar-refractivity contribution in [2.45, 2.75) is 52.2 Å². The third kappa shape index (κ3) is 9.81. The van der Waals surface area contributed by atoms with Crippen LogP contribution in [0, 0.1) is 26.6 Å². The highest BCUT2D eigenvalue weighted by atomic mass is 19.1. The smallest absolute Gasteiger partial charge is 0.123 e. The third-order valence-electron chi connectivity index (χ3n) is 12.6. The maximum Gasteiger partial charge on any atom is 0.123 e. The zero-order valence-corrected chi connectivity index (χ0v) is 39.9. The van der Waals surface area contributed by atoms with Crippen molar-refractivity contribution in [1.82, 2.24) is 29.7 Å². The quantitative estimate of drug-likeness (QED) is 0.121. The summed E-state index contributed by atoms with van der Waals surface area (Å²) in [6.07, 6.45) is 5.23. The van der Waals surface area contributed by atoms with E-state index in [2.05, 4.69) is 195 Å². The molecule has 0 saturated heterocycles. The van der Waals surface area contributed by atoms with Crippen molar-refractivity contribution in [2.75, 3.05) is 49.4 Å². The molecule has 8 heteroatoms. The number of aromatic amines is 3. The second kappa shape index (κ2) is 20.6. The molecule has 9 aromatic rings. The summed E-state index contributed by atoms with van der Waals surface area (Å²) in [7, 11) is 14.3. The number of para-hydroxylation sites is 3. The van der Waals surface area contributed by atoms with Crippen LogP contribution in [-0.2, 0) is 6.42 Å². The lowest BCUT2D eigenvalue weighted by molar-refractivity contribution is 0.328. The second-order valence-electron chi connectivity index (χ2n) is 17.6. The average molecular weight is 869 g/mol. The van der Waals surface area contributed by atoms with Gasteiger partial charge in [0.25, 0.3) is 0 Å². The molecule has 0 bridgehead atoms. The fourth-order valence-corrected chi connectivity index (χ4v) is 9.63. The molecule has 65 heavy (non-hydrogen) atoms. The van der Waals surface area contributed by atoms with E-state index in [0.29, 0.717) is 0 Å². The number of halogens is 1. The van der Waals surface area contributed by atoms with Gasteiger partial charge in [0.1, 0.15) is 11.6 Å². The SMILES string of the molecule is CCc1cccc2c(C(c3ccccc3OC)N(C)C)c[nH]c12.Cc1cccc2[nH]cc(C(c3ccc(F)cc3)N(C)C)c12.Cc1ccccc1C(c1c(C)[nH]c2ccccc12)N(C)C. The van der Waals surface area contributed by atoms with Gasteiger partial charge >= 0.3 is 0 Å². The van der Waals surface area contributed by atoms with Gasteiger partial charge in [-0.2, -0.15) is 0 Å². The second-order valence-corrected chi connectivity index (χ2v) is 17.6. The van der Waals surface area contributed by atoms with Crippen molar-refractivity contribution < 1.29 is 9.13 Å². The maximum atomic E-state index is 13.2. The van der Waals surface area contributed by atoms with Gasteiger partial charge in [0, 0.05) is 61.9 Å². The molecule has 0 aliphatic heterocycles. The summed E-state index contributed by atoms with van der Waals surface area (Å²) in [4.78, 5) is 17.0. The van der Waals surface area contributed by atoms with Crippen molar-refractivity contribution in [3.8, 4) is 5.75 Å². The van der Waals surface area contributed by atoms with Crippen molar-refractivity contribution in [3.05, 3.63) is 207 Å². The molecule has 3 aromatic heterocycles. The Morgan fingerprint density at radius 1 is 0.538 bits per heavy atom. The number of methoxy groups -OCH3 is 1. The fraction of sp³-hybridized carbons (Fsp3) is 0.263. The summed E-state index contributed by atoms with van der Waals surface area (Å²) in [5, 5.41) is 3.85. The first-order valence-corrected chi connectivity index (χ1v) is 22.5. The lowest BCUT2D eigenvalue weighted by Crippen LogP contribution is -2.22. The topological polar surface area (TPSA) is 66.3 Å². The first-order valence-electron chi connectivity index (χ1n) is 22.5. The number of nitrogens with zero attached hydrogens (tertiary/aromatic N) is 3. The van der Waals surface area contributed by atoms with Crippen molar-refractivity contribution in [2.24, 2.45) is 0 Å². The number of hydrogen-bond acceptors (Lipinski definition) is 4. The first-order chi connectivity index (χ1) is 31.3. The molecule has 3 unspecified atom stereocenters. The molecule has 0 spiro atoms. The molecule has 0 radical (unpaired) electrons. The van der Waals surface area contributed by atoms with Crippen LogP contribution in [-0.4, -0.2) is 79.0 Å². The van der Waals surface area contributed by atoms with Crippen LogP contribution in [0.2, 0.25) is 0 Å². The number of H-pyrrole nitrogens is 3. The van der Waals surface area contributed by atoms with Crippen LogP contribution in [0.3, 0.4) is 0 Å². The largest absolute Gasteiger partial charge is 0.496 e. The number of hydrogen-bond donors (Lipinski definition) is 3. The van der Waals surface area contributed by atoms with E-state index >= 15 is 0 Å². The summed E-state index contributed by atoms with van der Waals surface area (Å²) in [6.45, 7) is 8.68. The standard InChI is InChI=1S/C20H24N2O.C19H22N2.C18H19FN2/c1-5-14-9-8-11-15-17(13-21-19(14)15)20(22(2)3)16-10-6-7-12-18(16)23-4;1-13-9-5-6-10-15(13)19(21(3)4)18-14(2)20-17-12-8-7-11-16(17)18;1-12-5-4-6-16-17(12)15(11-20-16)18(21(2)3)13-7-9-14(19)10-8-13/h6-13,20-21H,5H2,1-4H3;5-12,19-20H,1-4H3;4-11,18,20H,1-3H3. The van der Waals surface area contributed by atoms with Crippen molar-refractivity contribution in [3.63, 3.8) is 0 Å². The number of aryl methyl sites for hydroxylation is 4. The van der Waals surface area contributed by atoms with Gasteiger partial charge in [-0.3, -0.25) is 14.7 Å². The molecule has 0 amide bonds. The van der Waals surface area contributed by atoms with Crippen LogP contribution >= 0.6 is 0 Å². The number of rotatable bonds is 11. The van der Waals surface area contributed by atoms with E-state index < -0.39 is 0 Å². The van der Waals surface area contributed by atoms with E-state index in [9.17, 15) is 4.39 Å². The minimum absolute atomic E-state index is 0.0976. The minimum Gasteiger partial charge on any atom is -0.496 e. The highest BCUT2D eigenvalue weighted by Crippen LogP contribution is 2.39. The van der Waals surface area contributed by atoms with Crippen molar-refractivity contribution >= 4 is 32.7 Å². The van der Waals surface area contributed by atoms with Gasteiger partial charge in [-0.15, -0.1) is 0 Å². The average Bonchev–Trinajstić information content (AvgIpc) is 4.01. The van der Waals surface area contributed by atoms with Gasteiger partial charge in [-0.05, 0) is 139 Å². The first kappa shape index (κ1) is 46.5. The van der Waals surface area contributed by atoms with Crippen LogP contribution in [0.1, 0.15) is 80.8 Å². The highest BCUT2D eigenvalue weighted by molar-refractivity contribution is 5.88. The molecule has 0 aliphatic rings. The van der Waals surface area contributed by atoms with E-state index in [-0.39, 0.29) is 23.9 Å². The number of fused-ring (bicyclic) bond motifs is 3. The molecule has 3 atom stereocenters. The van der Waals surface area contributed by atoms with Crippen LogP contribution in [0.5, 0.6) is 5.75 Å². The third-order valence-corrected chi connectivity index (χ3v) is 12.6. The lowest BCUT2D eigenvalue weighted by Gasteiger charge is -2.27. The molecule has 0 saturated carbocycles. The van der Waals surface area contributed by atoms with Crippen molar-refractivity contribution in [1.29, 1.82) is 0 Å². The van der Waals surface area contributed by atoms with Gasteiger partial charge in [0.2, 0.25) is 0 Å². The predicted molar refractivity (Wildman–Crippen MR) is 271 cm³/mol. The molecule has 3 heterocycles. The summed E-state index contributed by atoms with van der Waals surface area (Å²) >= 11 is 0. The van der Waals surface area contributed by atoms with Crippen LogP contribution in [0.25, 0.3) is 32.7 Å². The van der Waals surface area contributed by atoms with Gasteiger partial charge in [-0.1, -0.05) is 110 Å². The Balaban J connectivity index is 0.000000146. The zero-order chi connectivity index (χ0) is 46.4. The van der Waals surface area contributed by atoms with E-state index in [1.807, 2.05) is 38.4 Å². The Bertz CT molecular complexity index is 2970. The molecule has 7 nitrogen and oxygen atoms in total. The summed E-state index contributed by atoms with van der Waals surface area (Å²) < 4.78 is 18.8. The molecule has 336 valence electrons. The van der Waals surface area contributed by atoms with Gasteiger partial charge in [0.15, 0.2) is 0 Å². The summed E-state index contributed by atoms with van der Waals surface area (Å²) in [5.74, 6) is 0.721. The van der Waals surface area contributed by atoms with E-state index in [1.165, 1.54) is 89.5 Å². The predicted octanol–water partition coefficient (Wildman–Crippen LogP) is 13.1. The monoisotopic (exact) mass is 869 g/mol. The van der Waals surface area contributed by atoms with Gasteiger partial charge in [0.05, 0.1) is 25.2 Å². The fourth-order valence-electron chi connectivity index (χ4n) is 9.63. The van der Waals surface area contributed by atoms with E-state index in [0.717, 1.165) is 23.3 Å². The van der Waals surface area contributed by atoms with Crippen LogP contribution in [0.15, 0.2) is 146 Å². The van der Waals surface area contributed by atoms with Crippen LogP contribution in [0.4, 0.5) is 4.39 Å². The Morgan fingerprint density at radius 2 is 1.12 bits per heavy atom. The Kier molecular flexibility index (Phi) is 14.7. The normalized spacial score (nSPS) is 12.9. The molecule has 0 fully saturated rings. The number of aromatic nitrogens is 3. The molecule has 0 aliphatic carbocycles. The molecule has 6 aromatic carbocycles.